The lowest BCUT2D eigenvalue weighted by atomic mass is 10.1. The second-order valence-corrected chi connectivity index (χ2v) is 5.99. The normalized spacial score (nSPS) is 11.8. The average molecular weight is 354 g/mol. The molecule has 0 fully saturated rings. The van der Waals surface area contributed by atoms with Gasteiger partial charge in [0.2, 0.25) is 5.91 Å². The molecule has 0 spiro atoms. The van der Waals surface area contributed by atoms with Crippen molar-refractivity contribution >= 4 is 27.9 Å². The van der Waals surface area contributed by atoms with Gasteiger partial charge in [-0.2, -0.15) is 13.2 Å². The maximum Gasteiger partial charge on any atom is 0.432 e. The van der Waals surface area contributed by atoms with E-state index in [1.54, 1.807) is 12.1 Å². The van der Waals surface area contributed by atoms with E-state index in [9.17, 15) is 18.0 Å². The minimum atomic E-state index is -4.47. The highest BCUT2D eigenvalue weighted by atomic mass is 32.1. The van der Waals surface area contributed by atoms with Crippen molar-refractivity contribution in [2.24, 2.45) is 5.73 Å². The fourth-order valence-corrected chi connectivity index (χ4v) is 3.25. The number of halogens is 3. The number of nitrogens with one attached hydrogen (secondary N) is 1. The molecule has 3 rings (SSSR count). The number of anilines is 1. The zero-order valence-electron chi connectivity index (χ0n) is 12.3. The Morgan fingerprint density at radius 2 is 2.08 bits per heavy atom. The Morgan fingerprint density at radius 1 is 1.33 bits per heavy atom. The van der Waals surface area contributed by atoms with Crippen LogP contribution in [0.5, 0.6) is 0 Å². The molecule has 126 valence electrons. The van der Waals surface area contributed by atoms with Crippen molar-refractivity contribution in [3.63, 3.8) is 0 Å². The van der Waals surface area contributed by atoms with Crippen molar-refractivity contribution in [3.8, 4) is 0 Å². The van der Waals surface area contributed by atoms with Gasteiger partial charge in [-0.25, -0.2) is 4.98 Å². The molecule has 0 aliphatic heterocycles. The topological polar surface area (TPSA) is 72.4 Å². The van der Waals surface area contributed by atoms with Gasteiger partial charge in [0.25, 0.3) is 0 Å². The monoisotopic (exact) mass is 354 g/mol. The Bertz CT molecular complexity index is 884. The van der Waals surface area contributed by atoms with Gasteiger partial charge < -0.3 is 11.1 Å². The van der Waals surface area contributed by atoms with Crippen LogP contribution in [0.1, 0.15) is 16.8 Å². The number of imidazole rings is 1. The third-order valence-electron chi connectivity index (χ3n) is 3.41. The summed E-state index contributed by atoms with van der Waals surface area (Å²) in [5, 5.41) is 3.55. The van der Waals surface area contributed by atoms with Crippen molar-refractivity contribution in [2.75, 3.05) is 5.32 Å². The molecule has 3 aromatic rings. The summed E-state index contributed by atoms with van der Waals surface area (Å²) < 4.78 is 39.5. The van der Waals surface area contributed by atoms with Gasteiger partial charge in [-0.05, 0) is 11.1 Å². The van der Waals surface area contributed by atoms with E-state index < -0.39 is 11.9 Å². The van der Waals surface area contributed by atoms with Crippen LogP contribution in [0.25, 0.3) is 4.83 Å². The lowest BCUT2D eigenvalue weighted by molar-refractivity contribution is -0.141. The number of fused-ring (bicyclic) bond motifs is 1. The molecule has 0 aliphatic carbocycles. The van der Waals surface area contributed by atoms with E-state index >= 15 is 0 Å². The van der Waals surface area contributed by atoms with Gasteiger partial charge in [0.15, 0.2) is 5.82 Å². The summed E-state index contributed by atoms with van der Waals surface area (Å²) in [5.74, 6) is -0.234. The number of thiazole rings is 1. The first-order valence-electron chi connectivity index (χ1n) is 6.98. The molecule has 2 heterocycles. The lowest BCUT2D eigenvalue weighted by Crippen LogP contribution is -2.15. The summed E-state index contributed by atoms with van der Waals surface area (Å²) in [6.07, 6.45) is -3.33. The van der Waals surface area contributed by atoms with E-state index in [1.165, 1.54) is 0 Å². The number of hydrogen-bond donors (Lipinski definition) is 2. The van der Waals surface area contributed by atoms with Crippen LogP contribution in [0.2, 0.25) is 0 Å². The molecule has 2 aromatic heterocycles. The number of nitrogens with two attached hydrogens (primary N) is 1. The van der Waals surface area contributed by atoms with E-state index in [-0.39, 0.29) is 23.0 Å². The van der Waals surface area contributed by atoms with Gasteiger partial charge in [-0.15, -0.1) is 11.3 Å². The molecule has 0 atom stereocenters. The largest absolute Gasteiger partial charge is 0.432 e. The van der Waals surface area contributed by atoms with Crippen LogP contribution < -0.4 is 11.1 Å². The van der Waals surface area contributed by atoms with E-state index in [0.717, 1.165) is 38.6 Å². The number of rotatable bonds is 4. The van der Waals surface area contributed by atoms with E-state index in [1.807, 2.05) is 12.1 Å². The second-order valence-electron chi connectivity index (χ2n) is 5.14. The van der Waals surface area contributed by atoms with E-state index in [4.69, 9.17) is 5.73 Å². The highest BCUT2D eigenvalue weighted by Crippen LogP contribution is 2.34. The number of nitrogens with zero attached hydrogens (tertiary/aromatic N) is 2. The van der Waals surface area contributed by atoms with Crippen LogP contribution in [-0.4, -0.2) is 15.3 Å². The third kappa shape index (κ3) is 3.26. The molecule has 5 nitrogen and oxygen atoms in total. The van der Waals surface area contributed by atoms with Crippen LogP contribution in [0, 0.1) is 0 Å². The maximum atomic E-state index is 12.8. The van der Waals surface area contributed by atoms with Gasteiger partial charge in [-0.1, -0.05) is 24.3 Å². The molecule has 9 heteroatoms. The Kier molecular flexibility index (Phi) is 4.29. The predicted molar refractivity (Wildman–Crippen MR) is 84.7 cm³/mol. The molecule has 0 aliphatic rings. The number of aromatic nitrogens is 2. The minimum Gasteiger partial charge on any atom is -0.326 e. The summed E-state index contributed by atoms with van der Waals surface area (Å²) >= 11 is 0.878. The standard InChI is InChI=1S/C15H13F3N4OS/c16-15(17,18)11-7-24-14-13(20-8-22(11)14)21-12(23)5-9-2-1-3-10(4-9)6-19/h1-4,7-8H,5-6,19H2,(H,21,23). The number of carbonyl (C=O) groups excluding carboxylic acids is 1. The molecule has 0 bridgehead atoms. The Balaban J connectivity index is 1.77. The van der Waals surface area contributed by atoms with Crippen molar-refractivity contribution in [3.05, 3.63) is 52.8 Å². The van der Waals surface area contributed by atoms with Crippen molar-refractivity contribution in [1.29, 1.82) is 0 Å². The zero-order chi connectivity index (χ0) is 17.3. The molecule has 24 heavy (non-hydrogen) atoms. The maximum absolute atomic E-state index is 12.8. The number of alkyl halides is 3. The number of amides is 1. The second kappa shape index (κ2) is 6.25. The number of hydrogen-bond acceptors (Lipinski definition) is 4. The summed E-state index contributed by atoms with van der Waals surface area (Å²) in [5.41, 5.74) is 6.41. The fraction of sp³-hybridized carbons (Fsp3) is 0.200. The van der Waals surface area contributed by atoms with Crippen LogP contribution in [0.3, 0.4) is 0 Å². The molecule has 1 amide bonds. The molecule has 0 radical (unpaired) electrons. The van der Waals surface area contributed by atoms with Crippen molar-refractivity contribution in [1.82, 2.24) is 9.38 Å². The van der Waals surface area contributed by atoms with E-state index in [2.05, 4.69) is 10.3 Å². The van der Waals surface area contributed by atoms with Gasteiger partial charge in [0, 0.05) is 11.9 Å². The third-order valence-corrected chi connectivity index (χ3v) is 4.36. The van der Waals surface area contributed by atoms with Crippen LogP contribution in [0.15, 0.2) is 36.0 Å². The summed E-state index contributed by atoms with van der Waals surface area (Å²) in [7, 11) is 0. The van der Waals surface area contributed by atoms with E-state index in [0.29, 0.717) is 6.54 Å². The van der Waals surface area contributed by atoms with Crippen LogP contribution >= 0.6 is 11.3 Å². The van der Waals surface area contributed by atoms with Gasteiger partial charge in [0.05, 0.1) is 6.42 Å². The number of carbonyl (C=O) groups is 1. The lowest BCUT2D eigenvalue weighted by Gasteiger charge is -2.04. The summed E-state index contributed by atoms with van der Waals surface area (Å²) in [6, 6.07) is 7.25. The molecule has 1 aromatic carbocycles. The summed E-state index contributed by atoms with van der Waals surface area (Å²) in [6.45, 7) is 0.368. The predicted octanol–water partition coefficient (Wildman–Crippen LogP) is 3.05. The van der Waals surface area contributed by atoms with Gasteiger partial charge in [-0.3, -0.25) is 9.20 Å². The molecule has 0 unspecified atom stereocenters. The fourth-order valence-electron chi connectivity index (χ4n) is 2.31. The smallest absolute Gasteiger partial charge is 0.326 e. The SMILES string of the molecule is NCc1cccc(CC(=O)Nc2ncn3c(C(F)(F)F)csc23)c1. The van der Waals surface area contributed by atoms with Gasteiger partial charge in [0.1, 0.15) is 16.9 Å². The molecule has 3 N–H and O–H groups in total. The number of benzene rings is 1. The average Bonchev–Trinajstić information content (AvgIpc) is 3.09. The molecular formula is C15H13F3N4OS. The van der Waals surface area contributed by atoms with Crippen LogP contribution in [-0.2, 0) is 23.9 Å². The van der Waals surface area contributed by atoms with Crippen LogP contribution in [0.4, 0.5) is 19.0 Å². The first-order chi connectivity index (χ1) is 11.4. The molecule has 0 saturated carbocycles. The first-order valence-corrected chi connectivity index (χ1v) is 7.86. The summed E-state index contributed by atoms with van der Waals surface area (Å²) in [4.78, 5) is 16.2. The Hall–Kier alpha value is -2.39. The van der Waals surface area contributed by atoms with Crippen molar-refractivity contribution < 1.29 is 18.0 Å². The minimum absolute atomic E-state index is 0.0877. The Labute approximate surface area is 138 Å². The highest BCUT2D eigenvalue weighted by molar-refractivity contribution is 7.16. The molecule has 0 saturated heterocycles. The zero-order valence-corrected chi connectivity index (χ0v) is 13.1. The van der Waals surface area contributed by atoms with Crippen molar-refractivity contribution in [2.45, 2.75) is 19.1 Å². The Morgan fingerprint density at radius 3 is 2.79 bits per heavy atom. The first kappa shape index (κ1) is 16.5. The quantitative estimate of drug-likeness (QED) is 0.756. The molecular weight excluding hydrogens is 341 g/mol. The highest BCUT2D eigenvalue weighted by Gasteiger charge is 2.35. The van der Waals surface area contributed by atoms with Gasteiger partial charge >= 0.3 is 6.18 Å².